The molecule has 0 aromatic heterocycles. The minimum atomic E-state index is -0.279. The van der Waals surface area contributed by atoms with Crippen LogP contribution in [0.3, 0.4) is 0 Å². The number of rotatable bonds is 13. The van der Waals surface area contributed by atoms with Gasteiger partial charge in [-0.25, -0.2) is 0 Å². The van der Waals surface area contributed by atoms with Gasteiger partial charge in [-0.2, -0.15) is 0 Å². The number of aromatic hydroxyl groups is 1. The molecule has 30 heavy (non-hydrogen) atoms. The number of nitrogens with one attached hydrogen (secondary N) is 1. The fraction of sp³-hybridized carbons (Fsp3) is 0.440. The van der Waals surface area contributed by atoms with Crippen LogP contribution in [0.4, 0.5) is 0 Å². The molecule has 0 heterocycles. The van der Waals surface area contributed by atoms with Crippen LogP contribution in [-0.4, -0.2) is 30.1 Å². The van der Waals surface area contributed by atoms with Crippen molar-refractivity contribution >= 4 is 11.9 Å². The quantitative estimate of drug-likeness (QED) is 0.374. The highest BCUT2D eigenvalue weighted by molar-refractivity contribution is 5.76. The van der Waals surface area contributed by atoms with Crippen molar-refractivity contribution in [2.24, 2.45) is 0 Å². The Morgan fingerprint density at radius 2 is 1.60 bits per heavy atom. The highest BCUT2D eigenvalue weighted by Crippen LogP contribution is 2.14. The molecule has 162 valence electrons. The summed E-state index contributed by atoms with van der Waals surface area (Å²) >= 11 is 0. The van der Waals surface area contributed by atoms with E-state index in [-0.39, 0.29) is 30.1 Å². The first-order valence-electron chi connectivity index (χ1n) is 10.7. The summed E-state index contributed by atoms with van der Waals surface area (Å²) in [7, 11) is 1.37. The van der Waals surface area contributed by atoms with Crippen molar-refractivity contribution in [3.05, 3.63) is 65.7 Å². The average Bonchev–Trinajstić information content (AvgIpc) is 2.76. The summed E-state index contributed by atoms with van der Waals surface area (Å²) in [6, 6.07) is 17.2. The molecule has 1 amide bonds. The van der Waals surface area contributed by atoms with Gasteiger partial charge in [-0.05, 0) is 55.4 Å². The Morgan fingerprint density at radius 1 is 0.900 bits per heavy atom. The topological polar surface area (TPSA) is 75.6 Å². The summed E-state index contributed by atoms with van der Waals surface area (Å²) in [5.74, 6) is -0.0498. The van der Waals surface area contributed by atoms with Gasteiger partial charge in [0.1, 0.15) is 5.75 Å². The number of benzene rings is 2. The molecule has 2 aromatic carbocycles. The van der Waals surface area contributed by atoms with Crippen LogP contribution in [-0.2, 0) is 27.2 Å². The maximum absolute atomic E-state index is 12.4. The van der Waals surface area contributed by atoms with Crippen molar-refractivity contribution in [1.29, 1.82) is 0 Å². The first kappa shape index (κ1) is 23.5. The number of amides is 1. The summed E-state index contributed by atoms with van der Waals surface area (Å²) in [6.45, 7) is 0. The zero-order chi connectivity index (χ0) is 21.6. The Bertz CT molecular complexity index is 758. The number of phenolic OH excluding ortho intramolecular Hbond substituents is 1. The second-order valence-electron chi connectivity index (χ2n) is 7.65. The highest BCUT2D eigenvalue weighted by Gasteiger charge is 2.15. The fourth-order valence-corrected chi connectivity index (χ4v) is 3.45. The molecule has 0 bridgehead atoms. The van der Waals surface area contributed by atoms with Gasteiger partial charge in [0, 0.05) is 18.9 Å². The number of aryl methyl sites for hydroxylation is 1. The van der Waals surface area contributed by atoms with E-state index in [4.69, 9.17) is 4.74 Å². The molecule has 0 aliphatic heterocycles. The lowest BCUT2D eigenvalue weighted by Crippen LogP contribution is -2.36. The fourth-order valence-electron chi connectivity index (χ4n) is 3.45. The van der Waals surface area contributed by atoms with Crippen LogP contribution in [0.5, 0.6) is 5.75 Å². The SMILES string of the molecule is COC(=O)CC[C@@H](Cc1ccc(O)cc1)NC(=O)CCCCCCc1ccccc1. The third-order valence-electron chi connectivity index (χ3n) is 5.17. The van der Waals surface area contributed by atoms with Gasteiger partial charge in [0.15, 0.2) is 0 Å². The van der Waals surface area contributed by atoms with Crippen molar-refractivity contribution < 1.29 is 19.4 Å². The maximum Gasteiger partial charge on any atom is 0.305 e. The van der Waals surface area contributed by atoms with Gasteiger partial charge in [-0.3, -0.25) is 9.59 Å². The summed E-state index contributed by atoms with van der Waals surface area (Å²) in [5.41, 5.74) is 2.36. The number of hydrogen-bond acceptors (Lipinski definition) is 4. The molecule has 5 heteroatoms. The Labute approximate surface area is 179 Å². The molecule has 0 saturated heterocycles. The molecule has 2 aromatic rings. The lowest BCUT2D eigenvalue weighted by atomic mass is 10.0. The van der Waals surface area contributed by atoms with Crippen LogP contribution < -0.4 is 5.32 Å². The van der Waals surface area contributed by atoms with Crippen LogP contribution in [0.2, 0.25) is 0 Å². The first-order valence-corrected chi connectivity index (χ1v) is 10.7. The van der Waals surface area contributed by atoms with E-state index >= 15 is 0 Å². The Morgan fingerprint density at radius 3 is 2.30 bits per heavy atom. The summed E-state index contributed by atoms with van der Waals surface area (Å²) in [5, 5.41) is 12.5. The number of methoxy groups -OCH3 is 1. The number of esters is 1. The van der Waals surface area contributed by atoms with Gasteiger partial charge < -0.3 is 15.2 Å². The van der Waals surface area contributed by atoms with Gasteiger partial charge in [0.05, 0.1) is 7.11 Å². The first-order chi connectivity index (χ1) is 14.6. The molecule has 2 N–H and O–H groups in total. The van der Waals surface area contributed by atoms with Crippen LogP contribution >= 0.6 is 0 Å². The van der Waals surface area contributed by atoms with E-state index in [1.165, 1.54) is 12.7 Å². The van der Waals surface area contributed by atoms with Gasteiger partial charge in [0.25, 0.3) is 0 Å². The van der Waals surface area contributed by atoms with Crippen molar-refractivity contribution in [1.82, 2.24) is 5.32 Å². The highest BCUT2D eigenvalue weighted by atomic mass is 16.5. The van der Waals surface area contributed by atoms with Crippen molar-refractivity contribution in [2.75, 3.05) is 7.11 Å². The summed E-state index contributed by atoms with van der Waals surface area (Å²) in [6.07, 6.45) is 7.12. The number of phenols is 1. The lowest BCUT2D eigenvalue weighted by molar-refractivity contribution is -0.141. The van der Waals surface area contributed by atoms with Gasteiger partial charge >= 0.3 is 5.97 Å². The van der Waals surface area contributed by atoms with Crippen molar-refractivity contribution in [2.45, 2.75) is 63.8 Å². The molecule has 0 radical (unpaired) electrons. The normalized spacial score (nSPS) is 11.6. The number of carbonyl (C=O) groups is 2. The molecule has 0 spiro atoms. The van der Waals surface area contributed by atoms with E-state index in [9.17, 15) is 14.7 Å². The van der Waals surface area contributed by atoms with Crippen molar-refractivity contribution in [3.8, 4) is 5.75 Å². The number of ether oxygens (including phenoxy) is 1. The molecule has 0 fully saturated rings. The molecule has 1 atom stereocenters. The lowest BCUT2D eigenvalue weighted by Gasteiger charge is -2.19. The molecule has 0 saturated carbocycles. The third kappa shape index (κ3) is 9.59. The number of hydrogen-bond donors (Lipinski definition) is 2. The average molecular weight is 412 g/mol. The zero-order valence-electron chi connectivity index (χ0n) is 17.8. The van der Waals surface area contributed by atoms with Gasteiger partial charge in [-0.15, -0.1) is 0 Å². The van der Waals surface area contributed by atoms with Crippen molar-refractivity contribution in [3.63, 3.8) is 0 Å². The van der Waals surface area contributed by atoms with Crippen LogP contribution in [0.25, 0.3) is 0 Å². The minimum Gasteiger partial charge on any atom is -0.508 e. The third-order valence-corrected chi connectivity index (χ3v) is 5.17. The molecule has 5 nitrogen and oxygen atoms in total. The minimum absolute atomic E-state index is 0.0201. The second kappa shape index (κ2) is 13.4. The van der Waals surface area contributed by atoms with Crippen LogP contribution in [0.1, 0.15) is 56.1 Å². The smallest absolute Gasteiger partial charge is 0.305 e. The molecule has 0 aliphatic carbocycles. The van der Waals surface area contributed by atoms with E-state index in [1.54, 1.807) is 12.1 Å². The van der Waals surface area contributed by atoms with E-state index in [0.29, 0.717) is 19.3 Å². The van der Waals surface area contributed by atoms with Gasteiger partial charge in [0.2, 0.25) is 5.91 Å². The predicted molar refractivity (Wildman–Crippen MR) is 118 cm³/mol. The number of carbonyl (C=O) groups excluding carboxylic acids is 2. The second-order valence-corrected chi connectivity index (χ2v) is 7.65. The van der Waals surface area contributed by atoms with Crippen LogP contribution in [0.15, 0.2) is 54.6 Å². The maximum atomic E-state index is 12.4. The predicted octanol–water partition coefficient (Wildman–Crippen LogP) is 4.57. The Hall–Kier alpha value is -2.82. The monoisotopic (exact) mass is 411 g/mol. The van der Waals surface area contributed by atoms with E-state index < -0.39 is 0 Å². The molecule has 2 rings (SSSR count). The Balaban J connectivity index is 1.71. The van der Waals surface area contributed by atoms with E-state index in [2.05, 4.69) is 29.6 Å². The number of unbranched alkanes of at least 4 members (excludes halogenated alkanes) is 3. The standard InChI is InChI=1S/C25H33NO4/c1-30-25(29)18-15-22(19-21-13-16-23(27)17-14-21)26-24(28)12-8-3-2-5-9-20-10-6-4-7-11-20/h4,6-7,10-11,13-14,16-17,22,27H,2-3,5,8-9,12,15,18-19H2,1H3,(H,26,28)/t22-/m0/s1. The summed E-state index contributed by atoms with van der Waals surface area (Å²) in [4.78, 5) is 23.9. The van der Waals surface area contributed by atoms with E-state index in [0.717, 1.165) is 37.7 Å². The zero-order valence-corrected chi connectivity index (χ0v) is 17.8. The van der Waals surface area contributed by atoms with Gasteiger partial charge in [-0.1, -0.05) is 55.3 Å². The molecule has 0 aliphatic rings. The molecule has 0 unspecified atom stereocenters. The van der Waals surface area contributed by atoms with E-state index in [1.807, 2.05) is 18.2 Å². The van der Waals surface area contributed by atoms with Crippen LogP contribution in [0, 0.1) is 0 Å². The molecular formula is C25H33NO4. The summed E-state index contributed by atoms with van der Waals surface area (Å²) < 4.78 is 4.72. The Kier molecular flexibility index (Phi) is 10.5. The molecular weight excluding hydrogens is 378 g/mol. The largest absolute Gasteiger partial charge is 0.508 e.